The maximum atomic E-state index is 13.8. The first-order valence-electron chi connectivity index (χ1n) is 12.0. The standard InChI is InChI=1S/C26H36N2O5S/c1-4-33-16-9-15-28(26(30)23-12-8-17-34-23)24(25(29)27-19-10-6-5-7-11-19)21-14-13-20(31-2)18-22(21)32-3/h8,12-14,17-19,24H,4-7,9-11,15-16H2,1-3H3,(H,27,29)/t24-/m0/s1. The summed E-state index contributed by atoms with van der Waals surface area (Å²) in [5, 5.41) is 5.10. The van der Waals surface area contributed by atoms with Gasteiger partial charge in [0.05, 0.1) is 19.1 Å². The van der Waals surface area contributed by atoms with Gasteiger partial charge in [-0.25, -0.2) is 0 Å². The van der Waals surface area contributed by atoms with Gasteiger partial charge in [0.25, 0.3) is 5.91 Å². The molecule has 34 heavy (non-hydrogen) atoms. The lowest BCUT2D eigenvalue weighted by atomic mass is 9.94. The summed E-state index contributed by atoms with van der Waals surface area (Å²) in [6, 6.07) is 8.30. The molecule has 1 aliphatic carbocycles. The summed E-state index contributed by atoms with van der Waals surface area (Å²) in [6.45, 7) is 3.45. The van der Waals surface area contributed by atoms with Gasteiger partial charge in [0.1, 0.15) is 17.5 Å². The lowest BCUT2D eigenvalue weighted by Gasteiger charge is -2.34. The summed E-state index contributed by atoms with van der Waals surface area (Å²) in [4.78, 5) is 29.7. The number of methoxy groups -OCH3 is 2. The molecule has 1 aromatic carbocycles. The first-order chi connectivity index (χ1) is 16.6. The van der Waals surface area contributed by atoms with Gasteiger partial charge in [0, 0.05) is 37.4 Å². The van der Waals surface area contributed by atoms with Gasteiger partial charge < -0.3 is 24.4 Å². The van der Waals surface area contributed by atoms with Crippen molar-refractivity contribution in [3.63, 3.8) is 0 Å². The third kappa shape index (κ3) is 6.73. The molecule has 3 rings (SSSR count). The summed E-state index contributed by atoms with van der Waals surface area (Å²) in [5.41, 5.74) is 0.637. The molecule has 1 fully saturated rings. The van der Waals surface area contributed by atoms with Gasteiger partial charge in [-0.2, -0.15) is 0 Å². The van der Waals surface area contributed by atoms with Crippen molar-refractivity contribution in [3.05, 3.63) is 46.2 Å². The highest BCUT2D eigenvalue weighted by Gasteiger charge is 2.35. The van der Waals surface area contributed by atoms with E-state index in [1.807, 2.05) is 24.4 Å². The molecule has 0 spiro atoms. The summed E-state index contributed by atoms with van der Waals surface area (Å²) in [6.07, 6.45) is 5.95. The zero-order chi connectivity index (χ0) is 24.3. The van der Waals surface area contributed by atoms with E-state index in [1.165, 1.54) is 17.8 Å². The molecule has 1 atom stereocenters. The fourth-order valence-corrected chi connectivity index (χ4v) is 5.07. The van der Waals surface area contributed by atoms with Crippen LogP contribution in [0.1, 0.15) is 66.7 Å². The van der Waals surface area contributed by atoms with Crippen molar-refractivity contribution < 1.29 is 23.8 Å². The Morgan fingerprint density at radius 1 is 1.15 bits per heavy atom. The molecular weight excluding hydrogens is 452 g/mol. The van der Waals surface area contributed by atoms with Gasteiger partial charge >= 0.3 is 0 Å². The molecule has 1 saturated carbocycles. The van der Waals surface area contributed by atoms with Crippen LogP contribution in [-0.4, -0.2) is 56.7 Å². The molecule has 2 amide bonds. The van der Waals surface area contributed by atoms with E-state index in [2.05, 4.69) is 5.32 Å². The van der Waals surface area contributed by atoms with Crippen LogP contribution < -0.4 is 14.8 Å². The summed E-state index contributed by atoms with van der Waals surface area (Å²) >= 11 is 1.37. The average Bonchev–Trinajstić information content (AvgIpc) is 3.41. The normalized spacial score (nSPS) is 14.9. The maximum Gasteiger partial charge on any atom is 0.264 e. The molecule has 1 heterocycles. The van der Waals surface area contributed by atoms with Gasteiger partial charge in [0.2, 0.25) is 5.91 Å². The SMILES string of the molecule is CCOCCCN(C(=O)c1cccs1)[C@H](C(=O)NC1CCCCC1)c1ccc(OC)cc1OC. The number of nitrogens with zero attached hydrogens (tertiary/aromatic N) is 1. The number of carbonyl (C=O) groups is 2. The van der Waals surface area contributed by atoms with Crippen molar-refractivity contribution in [2.24, 2.45) is 0 Å². The molecule has 1 aromatic heterocycles. The Balaban J connectivity index is 2.00. The third-order valence-corrected chi connectivity index (χ3v) is 6.99. The van der Waals surface area contributed by atoms with E-state index in [0.717, 1.165) is 25.7 Å². The van der Waals surface area contributed by atoms with E-state index in [4.69, 9.17) is 14.2 Å². The number of hydrogen-bond donors (Lipinski definition) is 1. The van der Waals surface area contributed by atoms with Crippen molar-refractivity contribution >= 4 is 23.2 Å². The number of thiophene rings is 1. The minimum absolute atomic E-state index is 0.120. The van der Waals surface area contributed by atoms with Crippen molar-refractivity contribution in [3.8, 4) is 11.5 Å². The number of benzene rings is 1. The predicted molar refractivity (Wildman–Crippen MR) is 134 cm³/mol. The lowest BCUT2D eigenvalue weighted by molar-refractivity contribution is -0.127. The molecule has 0 bridgehead atoms. The number of carbonyl (C=O) groups excluding carboxylic acids is 2. The van der Waals surface area contributed by atoms with Crippen molar-refractivity contribution in [2.75, 3.05) is 34.0 Å². The minimum Gasteiger partial charge on any atom is -0.497 e. The molecule has 1 N–H and O–H groups in total. The first-order valence-corrected chi connectivity index (χ1v) is 12.9. The monoisotopic (exact) mass is 488 g/mol. The minimum atomic E-state index is -0.834. The molecule has 186 valence electrons. The molecule has 1 aliphatic rings. The largest absolute Gasteiger partial charge is 0.497 e. The fourth-order valence-electron chi connectivity index (χ4n) is 4.39. The molecule has 0 unspecified atom stereocenters. The second-order valence-electron chi connectivity index (χ2n) is 8.38. The van der Waals surface area contributed by atoms with Crippen LogP contribution in [0.15, 0.2) is 35.7 Å². The molecule has 2 aromatic rings. The predicted octanol–water partition coefficient (Wildman–Crippen LogP) is 4.82. The van der Waals surface area contributed by atoms with Gasteiger partial charge in [-0.1, -0.05) is 25.3 Å². The van der Waals surface area contributed by atoms with E-state index in [-0.39, 0.29) is 17.9 Å². The smallest absolute Gasteiger partial charge is 0.264 e. The van der Waals surface area contributed by atoms with Crippen LogP contribution in [0.5, 0.6) is 11.5 Å². The Labute approximate surface area is 206 Å². The lowest BCUT2D eigenvalue weighted by Crippen LogP contribution is -2.47. The van der Waals surface area contributed by atoms with Gasteiger partial charge in [-0.15, -0.1) is 11.3 Å². The third-order valence-electron chi connectivity index (χ3n) is 6.13. The number of ether oxygens (including phenoxy) is 3. The van der Waals surface area contributed by atoms with Crippen LogP contribution in [-0.2, 0) is 9.53 Å². The molecular formula is C26H36N2O5S. The number of hydrogen-bond acceptors (Lipinski definition) is 6. The fraction of sp³-hybridized carbons (Fsp3) is 0.538. The molecule has 0 saturated heterocycles. The Morgan fingerprint density at radius 3 is 2.59 bits per heavy atom. The molecule has 0 aliphatic heterocycles. The van der Waals surface area contributed by atoms with Crippen molar-refractivity contribution in [1.82, 2.24) is 10.2 Å². The summed E-state index contributed by atoms with van der Waals surface area (Å²) in [7, 11) is 3.15. The van der Waals surface area contributed by atoms with E-state index in [1.54, 1.807) is 37.3 Å². The van der Waals surface area contributed by atoms with E-state index < -0.39 is 6.04 Å². The molecule has 0 radical (unpaired) electrons. The number of amides is 2. The Morgan fingerprint density at radius 2 is 1.94 bits per heavy atom. The first kappa shape index (κ1) is 26.0. The molecule has 8 heteroatoms. The molecule has 7 nitrogen and oxygen atoms in total. The van der Waals surface area contributed by atoms with E-state index in [0.29, 0.717) is 48.1 Å². The van der Waals surface area contributed by atoms with E-state index >= 15 is 0 Å². The highest BCUT2D eigenvalue weighted by Crippen LogP contribution is 2.35. The van der Waals surface area contributed by atoms with Gasteiger partial charge in [-0.3, -0.25) is 9.59 Å². The average molecular weight is 489 g/mol. The topological polar surface area (TPSA) is 77.1 Å². The Kier molecular flexibility index (Phi) is 10.2. The zero-order valence-corrected chi connectivity index (χ0v) is 21.2. The van der Waals surface area contributed by atoms with Gasteiger partial charge in [0.15, 0.2) is 0 Å². The highest BCUT2D eigenvalue weighted by atomic mass is 32.1. The number of nitrogens with one attached hydrogen (secondary N) is 1. The zero-order valence-electron chi connectivity index (χ0n) is 20.4. The van der Waals surface area contributed by atoms with E-state index in [9.17, 15) is 9.59 Å². The summed E-state index contributed by atoms with van der Waals surface area (Å²) < 4.78 is 16.5. The Hall–Kier alpha value is -2.58. The summed E-state index contributed by atoms with van der Waals surface area (Å²) in [5.74, 6) is 0.779. The highest BCUT2D eigenvalue weighted by molar-refractivity contribution is 7.12. The van der Waals surface area contributed by atoms with Crippen LogP contribution in [0.4, 0.5) is 0 Å². The van der Waals surface area contributed by atoms with Crippen molar-refractivity contribution in [1.29, 1.82) is 0 Å². The second kappa shape index (κ2) is 13.3. The second-order valence-corrected chi connectivity index (χ2v) is 9.33. The maximum absolute atomic E-state index is 13.8. The van der Waals surface area contributed by atoms with Crippen molar-refractivity contribution in [2.45, 2.75) is 57.5 Å². The van der Waals surface area contributed by atoms with Crippen LogP contribution in [0.25, 0.3) is 0 Å². The van der Waals surface area contributed by atoms with Crippen LogP contribution in [0, 0.1) is 0 Å². The quantitative estimate of drug-likeness (QED) is 0.433. The van der Waals surface area contributed by atoms with Crippen LogP contribution in [0.2, 0.25) is 0 Å². The van der Waals surface area contributed by atoms with Gasteiger partial charge in [-0.05, 0) is 49.8 Å². The van der Waals surface area contributed by atoms with Crippen LogP contribution >= 0.6 is 11.3 Å². The Bertz CT molecular complexity index is 912. The number of rotatable bonds is 12. The van der Waals surface area contributed by atoms with Crippen LogP contribution in [0.3, 0.4) is 0 Å².